The maximum atomic E-state index is 13.0. The maximum Gasteiger partial charge on any atom is 0.490 e. The van der Waals surface area contributed by atoms with Gasteiger partial charge in [-0.25, -0.2) is 19.6 Å². The number of anilines is 1. The van der Waals surface area contributed by atoms with Gasteiger partial charge in [-0.1, -0.05) is 30.5 Å². The summed E-state index contributed by atoms with van der Waals surface area (Å²) in [6, 6.07) is 11.5. The van der Waals surface area contributed by atoms with Crippen LogP contribution in [0.5, 0.6) is 11.5 Å². The summed E-state index contributed by atoms with van der Waals surface area (Å²) in [6.45, 7) is 2.52. The zero-order valence-electron chi connectivity index (χ0n) is 25.5. The molecule has 1 saturated carbocycles. The number of nitrogens with two attached hydrogens (primary N) is 1. The predicted octanol–water partition coefficient (Wildman–Crippen LogP) is 4.07. The standard InChI is InChI=1S/C25H29N7O3.2C2HF3O2/c1-14-6-8-17-16(10-14)22(30-18-4-2-3-5-19(18)31-25(26)27)32-23(29-17)24(33)28-12-15-7-9-20-21(11-15)35-13-34-20;2*3-2(4,5)1(6)7/h6-11,18-19H,2-5,12-13H2,1H3,(H,28,33)(H4,26,27,31)(H,29,30,32);2*(H,6,7). The largest absolute Gasteiger partial charge is 0.490 e. The summed E-state index contributed by atoms with van der Waals surface area (Å²) < 4.78 is 74.2. The molecule has 1 aromatic heterocycles. The number of halogens is 6. The van der Waals surface area contributed by atoms with Gasteiger partial charge in [0, 0.05) is 24.0 Å². The smallest absolute Gasteiger partial charge is 0.475 e. The highest BCUT2D eigenvalue weighted by Gasteiger charge is 2.39. The maximum absolute atomic E-state index is 13.0. The molecule has 49 heavy (non-hydrogen) atoms. The zero-order chi connectivity index (χ0) is 36.5. The van der Waals surface area contributed by atoms with Gasteiger partial charge in [0.2, 0.25) is 12.6 Å². The molecule has 1 fully saturated rings. The molecule has 20 heteroatoms. The first kappa shape index (κ1) is 37.9. The van der Waals surface area contributed by atoms with Gasteiger partial charge >= 0.3 is 24.3 Å². The second-order valence-corrected chi connectivity index (χ2v) is 10.6. The Bertz CT molecular complexity index is 1660. The van der Waals surface area contributed by atoms with E-state index in [0.717, 1.165) is 42.2 Å². The van der Waals surface area contributed by atoms with E-state index in [1.165, 1.54) is 0 Å². The summed E-state index contributed by atoms with van der Waals surface area (Å²) in [7, 11) is 0. The number of amides is 1. The Labute approximate surface area is 273 Å². The molecule has 2 aromatic carbocycles. The van der Waals surface area contributed by atoms with Crippen molar-refractivity contribution in [2.24, 2.45) is 5.73 Å². The van der Waals surface area contributed by atoms with E-state index >= 15 is 0 Å². The Hall–Kier alpha value is -5.56. The number of aryl methyl sites for hydroxylation is 1. The predicted molar refractivity (Wildman–Crippen MR) is 160 cm³/mol. The molecule has 0 radical (unpaired) electrons. The van der Waals surface area contributed by atoms with Crippen molar-refractivity contribution < 1.29 is 60.4 Å². The number of carboxylic acids is 2. The van der Waals surface area contributed by atoms with Crippen LogP contribution in [0.3, 0.4) is 0 Å². The summed E-state index contributed by atoms with van der Waals surface area (Å²) >= 11 is 0. The van der Waals surface area contributed by atoms with Crippen molar-refractivity contribution in [1.29, 1.82) is 5.41 Å². The number of benzene rings is 2. The fourth-order valence-corrected chi connectivity index (χ4v) is 4.62. The number of fused-ring (bicyclic) bond motifs is 2. The van der Waals surface area contributed by atoms with Gasteiger partial charge in [0.05, 0.1) is 5.52 Å². The summed E-state index contributed by atoms with van der Waals surface area (Å²) in [4.78, 5) is 40.0. The number of ether oxygens (including phenoxy) is 2. The van der Waals surface area contributed by atoms with E-state index in [4.69, 9.17) is 40.4 Å². The topological polar surface area (TPSA) is 222 Å². The summed E-state index contributed by atoms with van der Waals surface area (Å²) in [5.41, 5.74) is 8.27. The third kappa shape index (κ3) is 11.3. The van der Waals surface area contributed by atoms with Crippen LogP contribution in [0.15, 0.2) is 36.4 Å². The van der Waals surface area contributed by atoms with Crippen LogP contribution in [0.4, 0.5) is 32.2 Å². The molecule has 3 aromatic rings. The first-order chi connectivity index (χ1) is 22.8. The number of guanidine groups is 1. The average molecular weight is 704 g/mol. The number of alkyl halides is 6. The Morgan fingerprint density at radius 2 is 1.51 bits per heavy atom. The quantitative estimate of drug-likeness (QED) is 0.110. The molecule has 2 heterocycles. The molecule has 1 aliphatic carbocycles. The average Bonchev–Trinajstić information content (AvgIpc) is 3.48. The molecule has 2 unspecified atom stereocenters. The Balaban J connectivity index is 0.000000392. The third-order valence-corrected chi connectivity index (χ3v) is 6.86. The van der Waals surface area contributed by atoms with Gasteiger partial charge in [0.15, 0.2) is 17.5 Å². The number of rotatable bonds is 6. The van der Waals surface area contributed by atoms with E-state index in [0.29, 0.717) is 29.4 Å². The van der Waals surface area contributed by atoms with Crippen molar-refractivity contribution in [3.8, 4) is 11.5 Å². The molecule has 1 aliphatic heterocycles. The van der Waals surface area contributed by atoms with Gasteiger partial charge in [-0.05, 0) is 49.6 Å². The van der Waals surface area contributed by atoms with Crippen LogP contribution in [0.1, 0.15) is 47.4 Å². The molecule has 8 N–H and O–H groups in total. The van der Waals surface area contributed by atoms with Crippen molar-refractivity contribution in [3.63, 3.8) is 0 Å². The number of hydrogen-bond donors (Lipinski definition) is 7. The molecule has 5 rings (SSSR count). The van der Waals surface area contributed by atoms with Crippen molar-refractivity contribution >= 4 is 40.5 Å². The normalized spacial score (nSPS) is 16.6. The van der Waals surface area contributed by atoms with E-state index in [-0.39, 0.29) is 36.6 Å². The molecule has 2 atom stereocenters. The Kier molecular flexibility index (Phi) is 12.4. The number of hydrogen-bond acceptors (Lipinski definition) is 9. The number of carboxylic acid groups (broad SMARTS) is 2. The van der Waals surface area contributed by atoms with E-state index in [1.807, 2.05) is 43.3 Å². The molecular weight excluding hydrogens is 672 g/mol. The molecule has 2 aliphatic rings. The van der Waals surface area contributed by atoms with Gasteiger partial charge in [0.1, 0.15) is 5.82 Å². The minimum atomic E-state index is -5.08. The van der Waals surface area contributed by atoms with Crippen LogP contribution in [-0.2, 0) is 16.1 Å². The number of nitrogens with zero attached hydrogens (tertiary/aromatic N) is 2. The highest BCUT2D eigenvalue weighted by atomic mass is 19.4. The molecule has 0 saturated heterocycles. The van der Waals surface area contributed by atoms with Crippen LogP contribution >= 0.6 is 0 Å². The number of aromatic nitrogens is 2. The number of carbonyl (C=O) groups is 3. The highest BCUT2D eigenvalue weighted by Crippen LogP contribution is 2.32. The lowest BCUT2D eigenvalue weighted by Crippen LogP contribution is -2.50. The summed E-state index contributed by atoms with van der Waals surface area (Å²) in [5, 5.41) is 32.2. The van der Waals surface area contributed by atoms with Gasteiger partial charge in [-0.2, -0.15) is 26.3 Å². The number of aliphatic carboxylic acids is 2. The lowest BCUT2D eigenvalue weighted by atomic mass is 9.90. The van der Waals surface area contributed by atoms with Gasteiger partial charge in [-0.15, -0.1) is 0 Å². The van der Waals surface area contributed by atoms with Gasteiger partial charge in [-0.3, -0.25) is 10.2 Å². The van der Waals surface area contributed by atoms with Crippen molar-refractivity contribution in [2.75, 3.05) is 12.1 Å². The Morgan fingerprint density at radius 1 is 0.918 bits per heavy atom. The summed E-state index contributed by atoms with van der Waals surface area (Å²) in [5.74, 6) is -3.86. The van der Waals surface area contributed by atoms with Crippen LogP contribution in [0.25, 0.3) is 10.9 Å². The van der Waals surface area contributed by atoms with E-state index in [1.54, 1.807) is 0 Å². The second kappa shape index (κ2) is 16.0. The van der Waals surface area contributed by atoms with E-state index < -0.39 is 24.3 Å². The van der Waals surface area contributed by atoms with Crippen molar-refractivity contribution in [3.05, 3.63) is 53.3 Å². The van der Waals surface area contributed by atoms with Crippen molar-refractivity contribution in [2.45, 2.75) is 63.6 Å². The number of nitrogens with one attached hydrogen (secondary N) is 4. The molecule has 14 nitrogen and oxygen atoms in total. The minimum absolute atomic E-state index is 0.0133. The van der Waals surface area contributed by atoms with E-state index in [2.05, 4.69) is 25.9 Å². The van der Waals surface area contributed by atoms with Crippen LogP contribution < -0.4 is 31.2 Å². The molecule has 1 amide bonds. The van der Waals surface area contributed by atoms with Crippen LogP contribution in [0.2, 0.25) is 0 Å². The highest BCUT2D eigenvalue weighted by molar-refractivity contribution is 5.96. The second-order valence-electron chi connectivity index (χ2n) is 10.6. The summed E-state index contributed by atoms with van der Waals surface area (Å²) in [6.07, 6.45) is -6.21. The molecule has 0 bridgehead atoms. The van der Waals surface area contributed by atoms with Gasteiger partial charge in [0.25, 0.3) is 5.91 Å². The van der Waals surface area contributed by atoms with Crippen LogP contribution in [0, 0.1) is 12.3 Å². The fraction of sp³-hybridized carbons (Fsp3) is 0.379. The monoisotopic (exact) mass is 703 g/mol. The first-order valence-electron chi connectivity index (χ1n) is 14.3. The van der Waals surface area contributed by atoms with Crippen molar-refractivity contribution in [1.82, 2.24) is 20.6 Å². The molecule has 266 valence electrons. The molecular formula is C29H31F6N7O7. The third-order valence-electron chi connectivity index (χ3n) is 6.86. The minimum Gasteiger partial charge on any atom is -0.475 e. The molecule has 0 spiro atoms. The fourth-order valence-electron chi connectivity index (χ4n) is 4.62. The van der Waals surface area contributed by atoms with Crippen LogP contribution in [-0.4, -0.2) is 75.2 Å². The Morgan fingerprint density at radius 3 is 2.10 bits per heavy atom. The number of carbonyl (C=O) groups excluding carboxylic acids is 1. The lowest BCUT2D eigenvalue weighted by molar-refractivity contribution is -0.193. The van der Waals surface area contributed by atoms with Gasteiger partial charge < -0.3 is 41.4 Å². The lowest BCUT2D eigenvalue weighted by Gasteiger charge is -2.33. The first-order valence-corrected chi connectivity index (χ1v) is 14.3. The SMILES string of the molecule is Cc1ccc2nc(C(=O)NCc3ccc4c(c3)OCO4)nc(NC3CCCCC3NC(=N)N)c2c1.O=C(O)C(F)(F)F.O=C(O)C(F)(F)F. The zero-order valence-corrected chi connectivity index (χ0v) is 25.5. The van der Waals surface area contributed by atoms with E-state index in [9.17, 15) is 31.1 Å².